The lowest BCUT2D eigenvalue weighted by Crippen LogP contribution is -2.45. The summed E-state index contributed by atoms with van der Waals surface area (Å²) >= 11 is 1.32. The Morgan fingerprint density at radius 3 is 1.95 bits per heavy atom. The van der Waals surface area contributed by atoms with Crippen molar-refractivity contribution in [3.63, 3.8) is 0 Å². The van der Waals surface area contributed by atoms with Crippen LogP contribution >= 0.6 is 11.8 Å². The molecule has 0 aliphatic rings. The first kappa shape index (κ1) is 31.1. The largest absolute Gasteiger partial charge is 0.480 e. The highest BCUT2D eigenvalue weighted by Crippen LogP contribution is 2.29. The van der Waals surface area contributed by atoms with E-state index < -0.39 is 35.6 Å². The number of carboxylic acid groups (broad SMARTS) is 1. The third kappa shape index (κ3) is 9.08. The number of nitrogens with one attached hydrogen (secondary N) is 2. The second-order valence-corrected chi connectivity index (χ2v) is 10.5. The van der Waals surface area contributed by atoms with E-state index in [1.54, 1.807) is 12.1 Å². The second-order valence-electron chi connectivity index (χ2n) is 9.44. The Hall–Kier alpha value is -4.83. The summed E-state index contributed by atoms with van der Waals surface area (Å²) in [7, 11) is 0. The normalized spacial score (nSPS) is 12.3. The molecule has 0 saturated heterocycles. The number of carbonyl (C=O) groups is 3. The van der Waals surface area contributed by atoms with Crippen LogP contribution in [0.15, 0.2) is 115 Å². The third-order valence-electron chi connectivity index (χ3n) is 6.30. The van der Waals surface area contributed by atoms with Gasteiger partial charge in [0.15, 0.2) is 0 Å². The third-order valence-corrected chi connectivity index (χ3v) is 7.40. The molecule has 3 N–H and O–H groups in total. The van der Waals surface area contributed by atoms with Gasteiger partial charge < -0.3 is 15.7 Å². The molecule has 4 rings (SSSR count). The van der Waals surface area contributed by atoms with Gasteiger partial charge in [0.1, 0.15) is 11.7 Å². The van der Waals surface area contributed by atoms with Gasteiger partial charge in [0.25, 0.3) is 11.8 Å². The van der Waals surface area contributed by atoms with Crippen LogP contribution in [0.4, 0.5) is 13.2 Å². The monoisotopic (exact) mass is 604 g/mol. The predicted molar refractivity (Wildman–Crippen MR) is 161 cm³/mol. The highest BCUT2D eigenvalue weighted by Gasteiger charge is 2.30. The molecular weight excluding hydrogens is 577 g/mol. The Balaban J connectivity index is 1.55. The van der Waals surface area contributed by atoms with Crippen LogP contribution in [0, 0.1) is 0 Å². The minimum Gasteiger partial charge on any atom is -0.480 e. The number of thioether (sulfide) groups is 1. The summed E-state index contributed by atoms with van der Waals surface area (Å²) in [5, 5.41) is 14.7. The minimum absolute atomic E-state index is 0.0574. The molecule has 0 saturated carbocycles. The second kappa shape index (κ2) is 14.4. The van der Waals surface area contributed by atoms with Crippen LogP contribution in [0.3, 0.4) is 0 Å². The van der Waals surface area contributed by atoms with E-state index >= 15 is 0 Å². The van der Waals surface area contributed by atoms with Crippen molar-refractivity contribution in [1.29, 1.82) is 0 Å². The number of benzene rings is 4. The zero-order valence-corrected chi connectivity index (χ0v) is 23.5. The van der Waals surface area contributed by atoms with Crippen molar-refractivity contribution >= 4 is 35.6 Å². The molecule has 0 aliphatic carbocycles. The number of hydrogen-bond donors (Lipinski definition) is 3. The van der Waals surface area contributed by atoms with E-state index in [9.17, 15) is 32.7 Å². The molecule has 0 aromatic heterocycles. The number of rotatable bonds is 11. The standard InChI is InChI=1S/C33H27F3N2O4S/c34-33(35,36)27-17-15-26(16-18-27)30(39)37-28(19-22-11-13-25(14-12-22)24-9-5-2-6-10-24)31(40)38-29(32(41)42)21-43-20-23-7-3-1-4-8-23/h1-19,29H,20-21H2,(H,37,39)(H,38,40)(H,41,42)/t29-/m1/s1. The van der Waals surface area contributed by atoms with E-state index in [1.807, 2.05) is 72.8 Å². The summed E-state index contributed by atoms with van der Waals surface area (Å²) in [6.45, 7) is 0. The Morgan fingerprint density at radius 1 is 0.791 bits per heavy atom. The number of aliphatic carboxylic acids is 1. The fraction of sp³-hybridized carbons (Fsp3) is 0.121. The smallest absolute Gasteiger partial charge is 0.416 e. The molecular formula is C33H27F3N2O4S. The SMILES string of the molecule is O=C(N[C@H](CSCc1ccccc1)C(=O)O)C(=Cc1ccc(-c2ccccc2)cc1)NC(=O)c1ccc(C(F)(F)F)cc1. The number of alkyl halides is 3. The first-order chi connectivity index (χ1) is 20.6. The highest BCUT2D eigenvalue weighted by atomic mass is 32.2. The van der Waals surface area contributed by atoms with E-state index in [2.05, 4.69) is 10.6 Å². The van der Waals surface area contributed by atoms with Gasteiger partial charge in [-0.25, -0.2) is 4.79 Å². The van der Waals surface area contributed by atoms with Gasteiger partial charge >= 0.3 is 12.1 Å². The van der Waals surface area contributed by atoms with Crippen molar-refractivity contribution in [2.24, 2.45) is 0 Å². The fourth-order valence-electron chi connectivity index (χ4n) is 4.01. The molecule has 0 spiro atoms. The zero-order valence-electron chi connectivity index (χ0n) is 22.7. The van der Waals surface area contributed by atoms with Gasteiger partial charge in [-0.3, -0.25) is 9.59 Å². The lowest BCUT2D eigenvalue weighted by Gasteiger charge is -2.17. The number of amides is 2. The summed E-state index contributed by atoms with van der Waals surface area (Å²) < 4.78 is 38.9. The van der Waals surface area contributed by atoms with Crippen LogP contribution in [-0.4, -0.2) is 34.7 Å². The quantitative estimate of drug-likeness (QED) is 0.167. The molecule has 43 heavy (non-hydrogen) atoms. The van der Waals surface area contributed by atoms with Crippen LogP contribution in [0.25, 0.3) is 17.2 Å². The Bertz CT molecular complexity index is 1570. The Labute approximate surface area is 250 Å². The van der Waals surface area contributed by atoms with Gasteiger partial charge in [-0.05, 0) is 52.6 Å². The maximum Gasteiger partial charge on any atom is 0.416 e. The van der Waals surface area contributed by atoms with Crippen molar-refractivity contribution < 1.29 is 32.7 Å². The molecule has 0 unspecified atom stereocenters. The Morgan fingerprint density at radius 2 is 1.37 bits per heavy atom. The van der Waals surface area contributed by atoms with E-state index in [1.165, 1.54) is 17.8 Å². The van der Waals surface area contributed by atoms with Crippen LogP contribution in [0.1, 0.15) is 27.0 Å². The predicted octanol–water partition coefficient (Wildman–Crippen LogP) is 6.65. The van der Waals surface area contributed by atoms with Gasteiger partial charge in [-0.2, -0.15) is 24.9 Å². The first-order valence-electron chi connectivity index (χ1n) is 13.1. The summed E-state index contributed by atoms with van der Waals surface area (Å²) in [5.41, 5.74) is 2.11. The van der Waals surface area contributed by atoms with Gasteiger partial charge in [0.05, 0.1) is 5.56 Å². The highest BCUT2D eigenvalue weighted by molar-refractivity contribution is 7.98. The molecule has 0 heterocycles. The topological polar surface area (TPSA) is 95.5 Å². The summed E-state index contributed by atoms with van der Waals surface area (Å²) in [5.74, 6) is -2.36. The van der Waals surface area contributed by atoms with E-state index in [-0.39, 0.29) is 17.0 Å². The fourth-order valence-corrected chi connectivity index (χ4v) is 5.02. The molecule has 0 bridgehead atoms. The average Bonchev–Trinajstić information content (AvgIpc) is 3.01. The maximum absolute atomic E-state index is 13.3. The molecule has 10 heteroatoms. The molecule has 0 aliphatic heterocycles. The van der Waals surface area contributed by atoms with Crippen molar-refractivity contribution in [1.82, 2.24) is 10.6 Å². The van der Waals surface area contributed by atoms with E-state index in [0.717, 1.165) is 41.0 Å². The Kier molecular flexibility index (Phi) is 10.4. The van der Waals surface area contributed by atoms with Crippen molar-refractivity contribution in [3.8, 4) is 11.1 Å². The lowest BCUT2D eigenvalue weighted by molar-refractivity contribution is -0.140. The number of carbonyl (C=O) groups excluding carboxylic acids is 2. The molecule has 1 atom stereocenters. The number of hydrogen-bond acceptors (Lipinski definition) is 4. The van der Waals surface area contributed by atoms with Gasteiger partial charge in [-0.15, -0.1) is 0 Å². The summed E-state index contributed by atoms with van der Waals surface area (Å²) in [6.07, 6.45) is -3.20. The minimum atomic E-state index is -4.57. The van der Waals surface area contributed by atoms with Crippen molar-refractivity contribution in [3.05, 3.63) is 137 Å². The molecule has 2 amide bonds. The summed E-state index contributed by atoms with van der Waals surface area (Å²) in [4.78, 5) is 38.2. The lowest BCUT2D eigenvalue weighted by atomic mass is 10.0. The zero-order chi connectivity index (χ0) is 30.8. The van der Waals surface area contributed by atoms with E-state index in [4.69, 9.17) is 0 Å². The van der Waals surface area contributed by atoms with Crippen LogP contribution in [0.5, 0.6) is 0 Å². The van der Waals surface area contributed by atoms with Crippen molar-refractivity contribution in [2.75, 3.05) is 5.75 Å². The van der Waals surface area contributed by atoms with Gasteiger partial charge in [0, 0.05) is 17.1 Å². The summed E-state index contributed by atoms with van der Waals surface area (Å²) in [6, 6.07) is 28.4. The van der Waals surface area contributed by atoms with Gasteiger partial charge in [-0.1, -0.05) is 84.9 Å². The molecule has 6 nitrogen and oxygen atoms in total. The average molecular weight is 605 g/mol. The molecule has 4 aromatic carbocycles. The van der Waals surface area contributed by atoms with Crippen molar-refractivity contribution in [2.45, 2.75) is 18.0 Å². The molecule has 220 valence electrons. The molecule has 0 radical (unpaired) electrons. The molecule has 4 aromatic rings. The van der Waals surface area contributed by atoms with Crippen LogP contribution in [-0.2, 0) is 21.5 Å². The number of carboxylic acids is 1. The first-order valence-corrected chi connectivity index (χ1v) is 14.3. The van der Waals surface area contributed by atoms with Gasteiger partial charge in [0.2, 0.25) is 0 Å². The maximum atomic E-state index is 13.3. The van der Waals surface area contributed by atoms with Crippen LogP contribution in [0.2, 0.25) is 0 Å². The van der Waals surface area contributed by atoms with E-state index in [0.29, 0.717) is 11.3 Å². The number of halogens is 3. The molecule has 0 fully saturated rings. The van der Waals surface area contributed by atoms with Crippen LogP contribution < -0.4 is 10.6 Å².